The Morgan fingerprint density at radius 2 is 1.95 bits per heavy atom. The number of methoxy groups -OCH3 is 2. The molecule has 22 heavy (non-hydrogen) atoms. The van der Waals surface area contributed by atoms with Crippen LogP contribution in [0.25, 0.3) is 0 Å². The van der Waals surface area contributed by atoms with Crippen LogP contribution in [0, 0.1) is 0 Å². The molecule has 0 aliphatic carbocycles. The lowest BCUT2D eigenvalue weighted by Gasteiger charge is -2.37. The number of halogens is 1. The molecule has 1 aliphatic heterocycles. The third-order valence-electron chi connectivity index (χ3n) is 4.15. The first-order valence-corrected chi connectivity index (χ1v) is 7.31. The molecule has 124 valence electrons. The van der Waals surface area contributed by atoms with Crippen LogP contribution in [0.3, 0.4) is 0 Å². The molecular formula is C16H24ClNO4. The fourth-order valence-electron chi connectivity index (χ4n) is 3.06. The monoisotopic (exact) mass is 329 g/mol. The van der Waals surface area contributed by atoms with Crippen molar-refractivity contribution in [3.8, 4) is 11.5 Å². The molecule has 1 aliphatic rings. The maximum absolute atomic E-state index is 10.9. The Kier molecular flexibility index (Phi) is 6.97. The summed E-state index contributed by atoms with van der Waals surface area (Å²) in [5.74, 6) is 0.686. The van der Waals surface area contributed by atoms with Crippen molar-refractivity contribution < 1.29 is 19.4 Å². The molecule has 0 amide bonds. The minimum Gasteiger partial charge on any atom is -0.493 e. The summed E-state index contributed by atoms with van der Waals surface area (Å²) in [7, 11) is 3.25. The Bertz CT molecular complexity index is 521. The number of likely N-dealkylation sites (N-methyl/N-ethyl adjacent to an activating group) is 1. The van der Waals surface area contributed by atoms with E-state index in [0.29, 0.717) is 12.2 Å². The van der Waals surface area contributed by atoms with Crippen molar-refractivity contribution in [1.82, 2.24) is 4.90 Å². The Balaban J connectivity index is 0.00000242. The zero-order chi connectivity index (χ0) is 15.4. The van der Waals surface area contributed by atoms with Gasteiger partial charge in [0.15, 0.2) is 11.5 Å². The van der Waals surface area contributed by atoms with E-state index in [-0.39, 0.29) is 24.9 Å². The molecule has 5 nitrogen and oxygen atoms in total. The van der Waals surface area contributed by atoms with Crippen molar-refractivity contribution in [2.24, 2.45) is 0 Å². The topological polar surface area (TPSA) is 59.0 Å². The highest BCUT2D eigenvalue weighted by atomic mass is 35.5. The Morgan fingerprint density at radius 3 is 2.50 bits per heavy atom. The van der Waals surface area contributed by atoms with Crippen LogP contribution in [0.1, 0.15) is 36.9 Å². The minimum atomic E-state index is -0.751. The molecule has 1 aromatic carbocycles. The maximum Gasteiger partial charge on any atom is 0.303 e. The first-order chi connectivity index (χ1) is 10.1. The standard InChI is InChI=1S/C16H23NO4.ClH/c1-4-17-8-7-11-9-14(20-2)15(21-3)10-12(11)13(17)5-6-16(18)19;/h9-10,13H,4-8H2,1-3H3,(H,18,19);1H. The highest BCUT2D eigenvalue weighted by Gasteiger charge is 2.28. The molecule has 0 spiro atoms. The predicted molar refractivity (Wildman–Crippen MR) is 87.4 cm³/mol. The van der Waals surface area contributed by atoms with E-state index in [0.717, 1.165) is 25.3 Å². The summed E-state index contributed by atoms with van der Waals surface area (Å²) >= 11 is 0. The van der Waals surface area contributed by atoms with Crippen molar-refractivity contribution in [3.63, 3.8) is 0 Å². The van der Waals surface area contributed by atoms with Crippen LogP contribution < -0.4 is 9.47 Å². The van der Waals surface area contributed by atoms with Gasteiger partial charge < -0.3 is 14.6 Å². The highest BCUT2D eigenvalue weighted by molar-refractivity contribution is 5.85. The van der Waals surface area contributed by atoms with Crippen LogP contribution in [0.2, 0.25) is 0 Å². The van der Waals surface area contributed by atoms with Crippen LogP contribution in [-0.4, -0.2) is 43.3 Å². The number of hydrogen-bond donors (Lipinski definition) is 1. The van der Waals surface area contributed by atoms with Gasteiger partial charge in [0.25, 0.3) is 0 Å². The number of rotatable bonds is 6. The number of ether oxygens (including phenoxy) is 2. The summed E-state index contributed by atoms with van der Waals surface area (Å²) in [6.07, 6.45) is 1.74. The second-order valence-electron chi connectivity index (χ2n) is 5.23. The van der Waals surface area contributed by atoms with Gasteiger partial charge in [0.1, 0.15) is 0 Å². The molecule has 0 aromatic heterocycles. The molecule has 0 fully saturated rings. The smallest absolute Gasteiger partial charge is 0.303 e. The summed E-state index contributed by atoms with van der Waals surface area (Å²) in [4.78, 5) is 13.2. The third kappa shape index (κ3) is 3.84. The molecule has 1 unspecified atom stereocenters. The average Bonchev–Trinajstić information content (AvgIpc) is 2.50. The first kappa shape index (κ1) is 18.6. The van der Waals surface area contributed by atoms with Gasteiger partial charge in [-0.2, -0.15) is 0 Å². The van der Waals surface area contributed by atoms with E-state index in [1.165, 1.54) is 11.1 Å². The summed E-state index contributed by atoms with van der Waals surface area (Å²) < 4.78 is 10.7. The lowest BCUT2D eigenvalue weighted by molar-refractivity contribution is -0.137. The molecule has 0 saturated carbocycles. The second-order valence-corrected chi connectivity index (χ2v) is 5.23. The van der Waals surface area contributed by atoms with E-state index < -0.39 is 5.97 Å². The van der Waals surface area contributed by atoms with Gasteiger partial charge in [-0.15, -0.1) is 12.4 Å². The van der Waals surface area contributed by atoms with Gasteiger partial charge in [0.2, 0.25) is 0 Å². The predicted octanol–water partition coefficient (Wildman–Crippen LogP) is 2.91. The molecule has 1 aromatic rings. The molecule has 1 N–H and O–H groups in total. The van der Waals surface area contributed by atoms with Crippen LogP contribution in [0.5, 0.6) is 11.5 Å². The van der Waals surface area contributed by atoms with Gasteiger partial charge in [-0.1, -0.05) is 6.92 Å². The normalized spacial score (nSPS) is 17.3. The molecule has 0 radical (unpaired) electrons. The quantitative estimate of drug-likeness (QED) is 0.869. The van der Waals surface area contributed by atoms with E-state index in [4.69, 9.17) is 14.6 Å². The minimum absolute atomic E-state index is 0. The highest BCUT2D eigenvalue weighted by Crippen LogP contribution is 2.39. The van der Waals surface area contributed by atoms with Crippen LogP contribution in [0.4, 0.5) is 0 Å². The second kappa shape index (κ2) is 8.25. The lowest BCUT2D eigenvalue weighted by Crippen LogP contribution is -2.35. The van der Waals surface area contributed by atoms with Crippen LogP contribution in [0.15, 0.2) is 12.1 Å². The average molecular weight is 330 g/mol. The van der Waals surface area contributed by atoms with E-state index in [1.807, 2.05) is 12.1 Å². The number of hydrogen-bond acceptors (Lipinski definition) is 4. The van der Waals surface area contributed by atoms with Crippen molar-refractivity contribution in [3.05, 3.63) is 23.3 Å². The van der Waals surface area contributed by atoms with Crippen molar-refractivity contribution in [1.29, 1.82) is 0 Å². The van der Waals surface area contributed by atoms with Gasteiger partial charge in [0, 0.05) is 19.0 Å². The maximum atomic E-state index is 10.9. The van der Waals surface area contributed by atoms with Crippen LogP contribution in [-0.2, 0) is 11.2 Å². The van der Waals surface area contributed by atoms with E-state index in [2.05, 4.69) is 11.8 Å². The molecular weight excluding hydrogens is 306 g/mol. The molecule has 1 heterocycles. The van der Waals surface area contributed by atoms with Gasteiger partial charge in [-0.25, -0.2) is 0 Å². The SMILES string of the molecule is CCN1CCc2cc(OC)c(OC)cc2C1CCC(=O)O.Cl. The fraction of sp³-hybridized carbons (Fsp3) is 0.562. The van der Waals surface area contributed by atoms with Crippen molar-refractivity contribution >= 4 is 18.4 Å². The van der Waals surface area contributed by atoms with Crippen molar-refractivity contribution in [2.75, 3.05) is 27.3 Å². The summed E-state index contributed by atoms with van der Waals surface area (Å²) in [5, 5.41) is 8.97. The number of nitrogens with zero attached hydrogens (tertiary/aromatic N) is 1. The van der Waals surface area contributed by atoms with Crippen LogP contribution >= 0.6 is 12.4 Å². The molecule has 0 saturated heterocycles. The van der Waals surface area contributed by atoms with Crippen molar-refractivity contribution in [2.45, 2.75) is 32.2 Å². The fourth-order valence-corrected chi connectivity index (χ4v) is 3.06. The molecule has 0 bridgehead atoms. The Hall–Kier alpha value is -1.46. The van der Waals surface area contributed by atoms with Gasteiger partial charge >= 0.3 is 5.97 Å². The molecule has 6 heteroatoms. The summed E-state index contributed by atoms with van der Waals surface area (Å²) in [6, 6.07) is 4.16. The number of fused-ring (bicyclic) bond motifs is 1. The summed E-state index contributed by atoms with van der Waals surface area (Å²) in [6.45, 7) is 3.97. The lowest BCUT2D eigenvalue weighted by atomic mass is 9.89. The summed E-state index contributed by atoms with van der Waals surface area (Å²) in [5.41, 5.74) is 2.40. The third-order valence-corrected chi connectivity index (χ3v) is 4.15. The number of aliphatic carboxylic acids is 1. The Labute approximate surface area is 137 Å². The Morgan fingerprint density at radius 1 is 1.32 bits per heavy atom. The van der Waals surface area contributed by atoms with E-state index in [9.17, 15) is 4.79 Å². The number of benzene rings is 1. The van der Waals surface area contributed by atoms with Gasteiger partial charge in [-0.3, -0.25) is 9.69 Å². The van der Waals surface area contributed by atoms with E-state index >= 15 is 0 Å². The van der Waals surface area contributed by atoms with Gasteiger partial charge in [-0.05, 0) is 42.6 Å². The van der Waals surface area contributed by atoms with E-state index in [1.54, 1.807) is 14.2 Å². The van der Waals surface area contributed by atoms with Gasteiger partial charge in [0.05, 0.1) is 14.2 Å². The molecule has 2 rings (SSSR count). The number of carboxylic acids is 1. The number of carboxylic acid groups (broad SMARTS) is 1. The molecule has 1 atom stereocenters. The zero-order valence-corrected chi connectivity index (χ0v) is 14.1. The number of carbonyl (C=O) groups is 1. The first-order valence-electron chi connectivity index (χ1n) is 7.31. The zero-order valence-electron chi connectivity index (χ0n) is 13.3. The largest absolute Gasteiger partial charge is 0.493 e.